The molecule has 2 atom stereocenters. The third-order valence-electron chi connectivity index (χ3n) is 5.92. The molecule has 1 amide bonds. The Hall–Kier alpha value is -2.35. The SMILES string of the molecule is CCCC[C@@H](NC(=O)C(NCc1c(O)cc(Cl)cc1Cl)C1Cc2ccccc2C1)[N+](N)=O. The smallest absolute Gasteiger partial charge is 0.308 e. The zero-order chi connectivity index (χ0) is 23.3. The molecule has 3 rings (SSSR count). The molecule has 5 N–H and O–H groups in total. The van der Waals surface area contributed by atoms with E-state index in [0.29, 0.717) is 26.9 Å². The van der Waals surface area contributed by atoms with Gasteiger partial charge >= 0.3 is 6.17 Å². The van der Waals surface area contributed by atoms with Gasteiger partial charge in [0.15, 0.2) is 0 Å². The van der Waals surface area contributed by atoms with Gasteiger partial charge in [0.1, 0.15) is 10.6 Å². The van der Waals surface area contributed by atoms with Crippen molar-refractivity contribution < 1.29 is 14.8 Å². The fourth-order valence-electron chi connectivity index (χ4n) is 4.19. The Morgan fingerprint density at radius 2 is 1.91 bits per heavy atom. The highest BCUT2D eigenvalue weighted by Gasteiger charge is 2.36. The number of benzene rings is 2. The average molecular weight is 480 g/mol. The monoisotopic (exact) mass is 479 g/mol. The van der Waals surface area contributed by atoms with E-state index in [-0.39, 0.29) is 24.1 Å². The van der Waals surface area contributed by atoms with E-state index >= 15 is 0 Å². The highest BCUT2D eigenvalue weighted by Crippen LogP contribution is 2.32. The number of nitroso groups, excluding NO2 is 1. The molecule has 172 valence electrons. The number of nitrogens with one attached hydrogen (secondary N) is 2. The van der Waals surface area contributed by atoms with Crippen LogP contribution in [0.25, 0.3) is 0 Å². The van der Waals surface area contributed by atoms with Crippen LogP contribution in [0.1, 0.15) is 42.9 Å². The molecule has 0 fully saturated rings. The number of fused-ring (bicyclic) bond motifs is 1. The van der Waals surface area contributed by atoms with Gasteiger partial charge in [-0.2, -0.15) is 5.84 Å². The lowest BCUT2D eigenvalue weighted by atomic mass is 9.95. The first-order valence-corrected chi connectivity index (χ1v) is 11.5. The molecule has 0 radical (unpaired) electrons. The summed E-state index contributed by atoms with van der Waals surface area (Å²) in [5, 5.41) is 17.0. The molecule has 0 heterocycles. The summed E-state index contributed by atoms with van der Waals surface area (Å²) < 4.78 is 0. The van der Waals surface area contributed by atoms with Crippen molar-refractivity contribution in [1.29, 1.82) is 0 Å². The first kappa shape index (κ1) is 24.3. The molecular formula is C23H29Cl2N4O3+. The number of aromatic hydroxyl groups is 1. The molecule has 0 bridgehead atoms. The Morgan fingerprint density at radius 3 is 2.47 bits per heavy atom. The fourth-order valence-corrected chi connectivity index (χ4v) is 4.74. The van der Waals surface area contributed by atoms with Crippen LogP contribution in [0.4, 0.5) is 0 Å². The Kier molecular flexibility index (Phi) is 8.34. The van der Waals surface area contributed by atoms with Crippen LogP contribution >= 0.6 is 23.2 Å². The number of nitrogens with zero attached hydrogens (tertiary/aromatic N) is 1. The molecule has 0 aromatic heterocycles. The second-order valence-electron chi connectivity index (χ2n) is 8.21. The van der Waals surface area contributed by atoms with Crippen LogP contribution in [-0.2, 0) is 24.2 Å². The number of unbranched alkanes of at least 4 members (excludes halogenated alkanes) is 1. The van der Waals surface area contributed by atoms with Crippen molar-refractivity contribution in [2.24, 2.45) is 11.8 Å². The van der Waals surface area contributed by atoms with Gasteiger partial charge in [-0.3, -0.25) is 10.1 Å². The van der Waals surface area contributed by atoms with Crippen LogP contribution < -0.4 is 16.5 Å². The molecule has 32 heavy (non-hydrogen) atoms. The van der Waals surface area contributed by atoms with Crippen molar-refractivity contribution in [3.8, 4) is 5.75 Å². The standard InChI is InChI=1S/C23H28Cl2N4O3/c1-2-3-8-21(29(26)32)28-23(31)22(16-9-14-6-4-5-7-15(14)10-16)27-13-18-19(25)11-17(24)12-20(18)30/h4-7,11-12,16,21-22,27H,2-3,8-10,13H2,1H3,(H3-,26,28,30,31,32)/p+1/t21-,22?/m0/s1. The number of phenolic OH excluding ortho intramolecular Hbond substituents is 1. The zero-order valence-electron chi connectivity index (χ0n) is 18.0. The van der Waals surface area contributed by atoms with E-state index in [1.807, 2.05) is 19.1 Å². The number of rotatable bonds is 10. The number of hydrogen-bond acceptors (Lipinski definition) is 4. The molecule has 0 saturated carbocycles. The van der Waals surface area contributed by atoms with Gasteiger partial charge in [0.2, 0.25) is 5.91 Å². The largest absolute Gasteiger partial charge is 0.508 e. The molecule has 2 aromatic carbocycles. The van der Waals surface area contributed by atoms with E-state index in [4.69, 9.17) is 29.0 Å². The van der Waals surface area contributed by atoms with E-state index in [9.17, 15) is 14.8 Å². The minimum Gasteiger partial charge on any atom is -0.508 e. The maximum atomic E-state index is 13.3. The summed E-state index contributed by atoms with van der Waals surface area (Å²) in [7, 11) is 0. The Bertz CT molecular complexity index is 937. The number of nitrogens with two attached hydrogens (primary N) is 1. The molecule has 0 aliphatic heterocycles. The van der Waals surface area contributed by atoms with Crippen molar-refractivity contribution in [1.82, 2.24) is 10.6 Å². The highest BCUT2D eigenvalue weighted by molar-refractivity contribution is 6.35. The summed E-state index contributed by atoms with van der Waals surface area (Å²) in [6.45, 7) is 2.17. The number of carbonyl (C=O) groups excluding carboxylic acids is 1. The van der Waals surface area contributed by atoms with Crippen LogP contribution in [0.2, 0.25) is 10.0 Å². The molecule has 9 heteroatoms. The van der Waals surface area contributed by atoms with E-state index < -0.39 is 12.2 Å². The summed E-state index contributed by atoms with van der Waals surface area (Å²) >= 11 is 12.2. The summed E-state index contributed by atoms with van der Waals surface area (Å²) in [4.78, 5) is 25.4. The minimum atomic E-state index is -0.803. The van der Waals surface area contributed by atoms with Crippen LogP contribution in [0.3, 0.4) is 0 Å². The van der Waals surface area contributed by atoms with Gasteiger partial charge in [-0.25, -0.2) is 0 Å². The van der Waals surface area contributed by atoms with Crippen molar-refractivity contribution in [2.45, 2.75) is 57.8 Å². The van der Waals surface area contributed by atoms with Crippen molar-refractivity contribution in [3.63, 3.8) is 0 Å². The third kappa shape index (κ3) is 5.91. The lowest BCUT2D eigenvalue weighted by Gasteiger charge is -2.25. The van der Waals surface area contributed by atoms with E-state index in [0.717, 1.165) is 25.7 Å². The topological polar surface area (TPSA) is 107 Å². The quantitative estimate of drug-likeness (QED) is 0.179. The first-order chi connectivity index (χ1) is 15.3. The lowest BCUT2D eigenvalue weighted by molar-refractivity contribution is -0.602. The second-order valence-corrected chi connectivity index (χ2v) is 9.05. The Balaban J connectivity index is 1.80. The third-order valence-corrected chi connectivity index (χ3v) is 6.47. The number of amides is 1. The molecule has 1 aliphatic rings. The van der Waals surface area contributed by atoms with Crippen LogP contribution in [0.5, 0.6) is 5.75 Å². The van der Waals surface area contributed by atoms with E-state index in [1.54, 1.807) is 6.07 Å². The van der Waals surface area contributed by atoms with Crippen molar-refractivity contribution in [2.75, 3.05) is 0 Å². The van der Waals surface area contributed by atoms with Crippen LogP contribution in [-0.4, -0.2) is 28.1 Å². The van der Waals surface area contributed by atoms with Crippen LogP contribution in [0, 0.1) is 10.8 Å². The Morgan fingerprint density at radius 1 is 1.25 bits per heavy atom. The van der Waals surface area contributed by atoms with Gasteiger partial charge in [0.05, 0.1) is 16.0 Å². The lowest BCUT2D eigenvalue weighted by Crippen LogP contribution is -2.54. The predicted molar refractivity (Wildman–Crippen MR) is 125 cm³/mol. The fraction of sp³-hybridized carbons (Fsp3) is 0.435. The summed E-state index contributed by atoms with van der Waals surface area (Å²) in [5.41, 5.74) is 2.86. The van der Waals surface area contributed by atoms with Crippen LogP contribution in [0.15, 0.2) is 36.4 Å². The van der Waals surface area contributed by atoms with Gasteiger partial charge in [0, 0.05) is 23.6 Å². The molecule has 1 unspecified atom stereocenters. The second kappa shape index (κ2) is 11.0. The van der Waals surface area contributed by atoms with E-state index in [2.05, 4.69) is 22.8 Å². The zero-order valence-corrected chi connectivity index (χ0v) is 19.5. The molecule has 0 spiro atoms. The summed E-state index contributed by atoms with van der Waals surface area (Å²) in [6, 6.07) is 10.4. The first-order valence-electron chi connectivity index (χ1n) is 10.8. The van der Waals surface area contributed by atoms with Crippen molar-refractivity contribution >= 4 is 29.1 Å². The van der Waals surface area contributed by atoms with E-state index in [1.165, 1.54) is 17.2 Å². The van der Waals surface area contributed by atoms with Gasteiger partial charge in [0.25, 0.3) is 0 Å². The van der Waals surface area contributed by atoms with Gasteiger partial charge in [-0.15, -0.1) is 0 Å². The molecule has 7 nitrogen and oxygen atoms in total. The number of phenols is 1. The number of carbonyl (C=O) groups is 1. The molecule has 2 aromatic rings. The maximum absolute atomic E-state index is 13.3. The molecular weight excluding hydrogens is 451 g/mol. The molecule has 0 saturated heterocycles. The van der Waals surface area contributed by atoms with Gasteiger partial charge < -0.3 is 10.4 Å². The Labute approximate surface area is 197 Å². The highest BCUT2D eigenvalue weighted by atomic mass is 35.5. The number of halogens is 2. The van der Waals surface area contributed by atoms with Crippen molar-refractivity contribution in [3.05, 3.63) is 68.0 Å². The number of hydrogen-bond donors (Lipinski definition) is 4. The number of hydrazine groups is 1. The molecule has 1 aliphatic carbocycles. The minimum absolute atomic E-state index is 0.0229. The van der Waals surface area contributed by atoms with Gasteiger partial charge in [-0.05, 0) is 48.4 Å². The van der Waals surface area contributed by atoms with Gasteiger partial charge in [-0.1, -0.05) is 60.8 Å². The normalized spacial score (nSPS) is 15.2. The predicted octanol–water partition coefficient (Wildman–Crippen LogP) is 3.86. The maximum Gasteiger partial charge on any atom is 0.308 e. The summed E-state index contributed by atoms with van der Waals surface area (Å²) in [6.07, 6.45) is 2.76. The summed E-state index contributed by atoms with van der Waals surface area (Å²) in [5.74, 6) is 5.07. The average Bonchev–Trinajstić information content (AvgIpc) is 3.16.